The van der Waals surface area contributed by atoms with Gasteiger partial charge >= 0.3 is 6.18 Å². The van der Waals surface area contributed by atoms with Gasteiger partial charge in [0.1, 0.15) is 5.84 Å². The maximum atomic E-state index is 11.9. The van der Waals surface area contributed by atoms with E-state index >= 15 is 0 Å². The molecule has 1 aliphatic carbocycles. The third-order valence-corrected chi connectivity index (χ3v) is 2.96. The van der Waals surface area contributed by atoms with Gasteiger partial charge in [-0.2, -0.15) is 13.2 Å². The molecule has 4 N–H and O–H groups in total. The first kappa shape index (κ1) is 14.1. The Morgan fingerprint density at radius 3 is 2.53 bits per heavy atom. The van der Waals surface area contributed by atoms with Gasteiger partial charge in [0.2, 0.25) is 0 Å². The second-order valence-electron chi connectivity index (χ2n) is 4.66. The number of oxime groups is 1. The first-order valence-corrected chi connectivity index (χ1v) is 5.61. The largest absolute Gasteiger partial charge is 0.409 e. The lowest BCUT2D eigenvalue weighted by molar-refractivity contribution is -0.135. The molecule has 1 rings (SSSR count). The summed E-state index contributed by atoms with van der Waals surface area (Å²) >= 11 is 0. The summed E-state index contributed by atoms with van der Waals surface area (Å²) in [7, 11) is 0. The van der Waals surface area contributed by atoms with E-state index in [0.717, 1.165) is 12.8 Å². The molecule has 0 aliphatic heterocycles. The number of rotatable bonds is 7. The average Bonchev–Trinajstić information content (AvgIpc) is 2.96. The van der Waals surface area contributed by atoms with Crippen molar-refractivity contribution in [2.75, 3.05) is 13.1 Å². The topological polar surface area (TPSA) is 70.6 Å². The Kier molecular flexibility index (Phi) is 4.62. The molecule has 0 unspecified atom stereocenters. The maximum Gasteiger partial charge on any atom is 0.389 e. The lowest BCUT2D eigenvalue weighted by atomic mass is 10.0. The molecule has 0 aromatic heterocycles. The highest BCUT2D eigenvalue weighted by Crippen LogP contribution is 2.48. The fourth-order valence-electron chi connectivity index (χ4n) is 1.78. The van der Waals surface area contributed by atoms with Crippen LogP contribution in [-0.4, -0.2) is 30.3 Å². The first-order valence-electron chi connectivity index (χ1n) is 5.61. The van der Waals surface area contributed by atoms with Gasteiger partial charge in [0.15, 0.2) is 0 Å². The monoisotopic (exact) mass is 253 g/mol. The van der Waals surface area contributed by atoms with Gasteiger partial charge in [-0.15, -0.1) is 0 Å². The van der Waals surface area contributed by atoms with E-state index in [0.29, 0.717) is 19.5 Å². The number of halogens is 3. The molecule has 0 radical (unpaired) electrons. The van der Waals surface area contributed by atoms with Gasteiger partial charge in [-0.3, -0.25) is 0 Å². The van der Waals surface area contributed by atoms with Crippen LogP contribution >= 0.6 is 0 Å². The quantitative estimate of drug-likeness (QED) is 0.213. The molecule has 1 saturated carbocycles. The van der Waals surface area contributed by atoms with Crippen LogP contribution in [0.5, 0.6) is 0 Å². The number of nitrogens with two attached hydrogens (primary N) is 1. The molecule has 7 heteroatoms. The van der Waals surface area contributed by atoms with E-state index in [4.69, 9.17) is 10.9 Å². The molecule has 100 valence electrons. The minimum atomic E-state index is -4.08. The molecular weight excluding hydrogens is 235 g/mol. The van der Waals surface area contributed by atoms with E-state index in [1.807, 2.05) is 0 Å². The van der Waals surface area contributed by atoms with E-state index < -0.39 is 12.6 Å². The minimum absolute atomic E-state index is 0.00541. The van der Waals surface area contributed by atoms with Crippen molar-refractivity contribution < 1.29 is 18.4 Å². The van der Waals surface area contributed by atoms with Gasteiger partial charge in [0.25, 0.3) is 0 Å². The lowest BCUT2D eigenvalue weighted by Crippen LogP contribution is -2.29. The third-order valence-electron chi connectivity index (χ3n) is 2.96. The Labute approximate surface area is 98.0 Å². The van der Waals surface area contributed by atoms with Gasteiger partial charge in [-0.25, -0.2) is 0 Å². The molecule has 0 bridgehead atoms. The lowest BCUT2D eigenvalue weighted by Gasteiger charge is -2.15. The molecule has 0 amide bonds. The Hall–Kier alpha value is -0.980. The Bertz CT molecular complexity index is 274. The van der Waals surface area contributed by atoms with Gasteiger partial charge in [0, 0.05) is 19.4 Å². The van der Waals surface area contributed by atoms with Crippen molar-refractivity contribution in [1.82, 2.24) is 5.32 Å². The van der Waals surface area contributed by atoms with Crippen LogP contribution in [0.1, 0.15) is 32.1 Å². The second kappa shape index (κ2) is 5.57. The van der Waals surface area contributed by atoms with Crippen LogP contribution in [0.4, 0.5) is 13.2 Å². The van der Waals surface area contributed by atoms with E-state index in [-0.39, 0.29) is 17.7 Å². The molecular formula is C10H18F3N3O. The zero-order valence-corrected chi connectivity index (χ0v) is 9.56. The van der Waals surface area contributed by atoms with Crippen molar-refractivity contribution in [2.24, 2.45) is 16.3 Å². The zero-order chi connectivity index (χ0) is 12.9. The maximum absolute atomic E-state index is 11.9. The molecule has 4 nitrogen and oxygen atoms in total. The predicted octanol–water partition coefficient (Wildman–Crippen LogP) is 1.84. The molecule has 0 aromatic carbocycles. The Balaban J connectivity index is 2.11. The fourth-order valence-corrected chi connectivity index (χ4v) is 1.78. The summed E-state index contributed by atoms with van der Waals surface area (Å²) in [6, 6.07) is 0. The number of nitrogens with zero attached hydrogens (tertiary/aromatic N) is 1. The highest BCUT2D eigenvalue weighted by molar-refractivity contribution is 5.80. The van der Waals surface area contributed by atoms with Crippen molar-refractivity contribution in [3.05, 3.63) is 0 Å². The van der Waals surface area contributed by atoms with Gasteiger partial charge < -0.3 is 16.3 Å². The van der Waals surface area contributed by atoms with Gasteiger partial charge in [-0.1, -0.05) is 5.16 Å². The van der Waals surface area contributed by atoms with Crippen molar-refractivity contribution >= 4 is 5.84 Å². The van der Waals surface area contributed by atoms with E-state index in [1.165, 1.54) is 0 Å². The van der Waals surface area contributed by atoms with Crippen LogP contribution in [-0.2, 0) is 0 Å². The average molecular weight is 253 g/mol. The smallest absolute Gasteiger partial charge is 0.389 e. The highest BCUT2D eigenvalue weighted by Gasteiger charge is 2.42. The van der Waals surface area contributed by atoms with Crippen LogP contribution in [0, 0.1) is 5.41 Å². The fraction of sp³-hybridized carbons (Fsp3) is 0.900. The Morgan fingerprint density at radius 2 is 2.06 bits per heavy atom. The first-order chi connectivity index (χ1) is 7.87. The van der Waals surface area contributed by atoms with Crippen molar-refractivity contribution in [3.63, 3.8) is 0 Å². The molecule has 1 aliphatic rings. The summed E-state index contributed by atoms with van der Waals surface area (Å²) < 4.78 is 35.6. The summed E-state index contributed by atoms with van der Waals surface area (Å²) in [4.78, 5) is 0. The van der Waals surface area contributed by atoms with Crippen molar-refractivity contribution in [3.8, 4) is 0 Å². The number of alkyl halides is 3. The number of hydrogen-bond donors (Lipinski definition) is 3. The molecule has 0 atom stereocenters. The predicted molar refractivity (Wildman–Crippen MR) is 57.9 cm³/mol. The second-order valence-corrected chi connectivity index (χ2v) is 4.66. The minimum Gasteiger partial charge on any atom is -0.409 e. The van der Waals surface area contributed by atoms with E-state index in [2.05, 4.69) is 10.5 Å². The summed E-state index contributed by atoms with van der Waals surface area (Å²) in [5.41, 5.74) is 5.40. The molecule has 0 heterocycles. The molecule has 17 heavy (non-hydrogen) atoms. The standard InChI is InChI=1S/C10H18F3N3O/c11-10(12,13)2-1-5-15-7-9(3-4-9)6-8(14)16-17/h15,17H,1-7H2,(H2,14,16). The van der Waals surface area contributed by atoms with Crippen LogP contribution in [0.3, 0.4) is 0 Å². The van der Waals surface area contributed by atoms with E-state index in [9.17, 15) is 13.2 Å². The molecule has 0 spiro atoms. The van der Waals surface area contributed by atoms with E-state index in [1.54, 1.807) is 0 Å². The Morgan fingerprint density at radius 1 is 1.41 bits per heavy atom. The van der Waals surface area contributed by atoms with Gasteiger partial charge in [-0.05, 0) is 31.2 Å². The van der Waals surface area contributed by atoms with Crippen molar-refractivity contribution in [1.29, 1.82) is 0 Å². The summed E-state index contributed by atoms with van der Waals surface area (Å²) in [6.45, 7) is 0.971. The highest BCUT2D eigenvalue weighted by atomic mass is 19.4. The summed E-state index contributed by atoms with van der Waals surface area (Å²) in [6.07, 6.45) is -2.32. The SMILES string of the molecule is NC(CC1(CNCCCC(F)(F)F)CC1)=NO. The third kappa shape index (κ3) is 5.76. The summed E-state index contributed by atoms with van der Waals surface area (Å²) in [5.74, 6) is 0.180. The van der Waals surface area contributed by atoms with Crippen LogP contribution in [0.2, 0.25) is 0 Å². The molecule has 0 saturated heterocycles. The number of hydrogen-bond acceptors (Lipinski definition) is 3. The molecule has 1 fully saturated rings. The number of nitrogens with one attached hydrogen (secondary N) is 1. The summed E-state index contributed by atoms with van der Waals surface area (Å²) in [5, 5.41) is 14.3. The normalized spacial score (nSPS) is 19.4. The van der Waals surface area contributed by atoms with Crippen LogP contribution in [0.25, 0.3) is 0 Å². The van der Waals surface area contributed by atoms with Crippen LogP contribution < -0.4 is 11.1 Å². The zero-order valence-electron chi connectivity index (χ0n) is 9.56. The van der Waals surface area contributed by atoms with Gasteiger partial charge in [0.05, 0.1) is 0 Å². The van der Waals surface area contributed by atoms with Crippen LogP contribution in [0.15, 0.2) is 5.16 Å². The number of amidine groups is 1. The van der Waals surface area contributed by atoms with Crippen molar-refractivity contribution in [2.45, 2.75) is 38.3 Å². The molecule has 0 aromatic rings.